The lowest BCUT2D eigenvalue weighted by atomic mass is 9.82. The number of hydrogen-bond donors (Lipinski definition) is 0. The lowest BCUT2D eigenvalue weighted by Gasteiger charge is -2.21. The molecule has 0 atom stereocenters. The molecular weight excluding hydrogens is 522 g/mol. The van der Waals surface area contributed by atoms with E-state index in [1.54, 1.807) is 0 Å². The van der Waals surface area contributed by atoms with Crippen LogP contribution in [0.3, 0.4) is 0 Å². The van der Waals surface area contributed by atoms with Gasteiger partial charge in [0.1, 0.15) is 11.2 Å². The Kier molecular flexibility index (Phi) is 4.29. The third-order valence-corrected chi connectivity index (χ3v) is 9.96. The van der Waals surface area contributed by atoms with Crippen LogP contribution in [0.5, 0.6) is 0 Å². The molecule has 2 nitrogen and oxygen atoms in total. The Morgan fingerprint density at radius 1 is 0.512 bits per heavy atom. The van der Waals surface area contributed by atoms with Crippen molar-refractivity contribution in [3.05, 3.63) is 139 Å². The first-order valence-electron chi connectivity index (χ1n) is 15.0. The van der Waals surface area contributed by atoms with Gasteiger partial charge >= 0.3 is 0 Å². The fourth-order valence-corrected chi connectivity index (χ4v) is 8.01. The Morgan fingerprint density at radius 3 is 2.09 bits per heavy atom. The van der Waals surface area contributed by atoms with Crippen molar-refractivity contribution < 1.29 is 4.42 Å². The lowest BCUT2D eigenvalue weighted by molar-refractivity contribution is 0.660. The van der Waals surface area contributed by atoms with E-state index in [1.807, 2.05) is 0 Å². The lowest BCUT2D eigenvalue weighted by Crippen LogP contribution is -2.14. The van der Waals surface area contributed by atoms with Gasteiger partial charge in [-0.3, -0.25) is 0 Å². The molecule has 2 aromatic heterocycles. The number of benzene rings is 7. The van der Waals surface area contributed by atoms with E-state index in [0.29, 0.717) is 0 Å². The van der Waals surface area contributed by atoms with Gasteiger partial charge in [0.2, 0.25) is 0 Å². The van der Waals surface area contributed by atoms with Crippen LogP contribution in [0.2, 0.25) is 0 Å². The van der Waals surface area contributed by atoms with Crippen LogP contribution in [0.15, 0.2) is 132 Å². The average Bonchev–Trinajstić information content (AvgIpc) is 3.68. The number of rotatable bonds is 1. The van der Waals surface area contributed by atoms with Gasteiger partial charge in [0, 0.05) is 48.8 Å². The minimum absolute atomic E-state index is 0.0252. The van der Waals surface area contributed by atoms with Gasteiger partial charge in [-0.15, -0.1) is 0 Å². The van der Waals surface area contributed by atoms with E-state index in [9.17, 15) is 0 Å². The molecule has 0 spiro atoms. The normalized spacial score (nSPS) is 14.0. The van der Waals surface area contributed by atoms with Crippen molar-refractivity contribution in [2.24, 2.45) is 0 Å². The molecule has 202 valence electrons. The summed E-state index contributed by atoms with van der Waals surface area (Å²) < 4.78 is 9.35. The van der Waals surface area contributed by atoms with Gasteiger partial charge in [-0.25, -0.2) is 0 Å². The molecule has 1 aliphatic carbocycles. The zero-order valence-electron chi connectivity index (χ0n) is 24.0. The van der Waals surface area contributed by atoms with Gasteiger partial charge in [-0.2, -0.15) is 0 Å². The van der Waals surface area contributed by atoms with E-state index in [4.69, 9.17) is 4.42 Å². The summed E-state index contributed by atoms with van der Waals surface area (Å²) in [7, 11) is 0. The van der Waals surface area contributed by atoms with Crippen molar-refractivity contribution in [2.75, 3.05) is 0 Å². The molecule has 9 aromatic rings. The third kappa shape index (κ3) is 2.83. The molecule has 2 heteroatoms. The minimum Gasteiger partial charge on any atom is -0.455 e. The van der Waals surface area contributed by atoms with Crippen molar-refractivity contribution in [3.8, 4) is 16.8 Å². The van der Waals surface area contributed by atoms with E-state index in [-0.39, 0.29) is 5.41 Å². The molecule has 0 amide bonds. The highest BCUT2D eigenvalue weighted by Gasteiger charge is 2.35. The Balaban J connectivity index is 1.42. The molecular formula is C41H27NO. The van der Waals surface area contributed by atoms with Crippen molar-refractivity contribution in [1.82, 2.24) is 4.57 Å². The first-order valence-corrected chi connectivity index (χ1v) is 15.0. The van der Waals surface area contributed by atoms with Gasteiger partial charge in [0.05, 0.1) is 11.0 Å². The summed E-state index contributed by atoms with van der Waals surface area (Å²) in [6, 6.07) is 46.6. The van der Waals surface area contributed by atoms with E-state index in [0.717, 1.165) is 27.3 Å². The van der Waals surface area contributed by atoms with Gasteiger partial charge < -0.3 is 8.98 Å². The second-order valence-electron chi connectivity index (χ2n) is 12.5. The summed E-state index contributed by atoms with van der Waals surface area (Å²) in [4.78, 5) is 0. The predicted octanol–water partition coefficient (Wildman–Crippen LogP) is 11.3. The summed E-state index contributed by atoms with van der Waals surface area (Å²) in [6.45, 7) is 4.69. The minimum atomic E-state index is -0.0252. The van der Waals surface area contributed by atoms with Crippen LogP contribution in [0, 0.1) is 0 Å². The zero-order chi connectivity index (χ0) is 28.4. The molecule has 0 fully saturated rings. The molecule has 0 unspecified atom stereocenters. The first-order chi connectivity index (χ1) is 21.1. The van der Waals surface area contributed by atoms with Crippen molar-refractivity contribution >= 4 is 65.3 Å². The smallest absolute Gasteiger partial charge is 0.144 e. The highest BCUT2D eigenvalue weighted by molar-refractivity contribution is 6.37. The summed E-state index contributed by atoms with van der Waals surface area (Å²) in [5.74, 6) is 0. The maximum Gasteiger partial charge on any atom is 0.144 e. The van der Waals surface area contributed by atoms with Crippen LogP contribution in [0.4, 0.5) is 0 Å². The molecule has 1 aliphatic rings. The van der Waals surface area contributed by atoms with Crippen LogP contribution < -0.4 is 0 Å². The van der Waals surface area contributed by atoms with E-state index >= 15 is 0 Å². The third-order valence-electron chi connectivity index (χ3n) is 9.96. The van der Waals surface area contributed by atoms with Crippen molar-refractivity contribution in [3.63, 3.8) is 0 Å². The van der Waals surface area contributed by atoms with Crippen LogP contribution in [-0.4, -0.2) is 4.57 Å². The van der Waals surface area contributed by atoms with E-state index in [1.165, 1.54) is 65.9 Å². The standard InChI is InChI=1S/C41H27NO/c1-41(2)33-17-9-7-13-27(33)32-23-25(20-22-34(32)41)42-35-18-10-8-16-30(35)36-37-31-21-19-24-11-3-4-12-26(24)39(31)43-40(37)29-15-6-5-14-28(29)38(36)42/h3-23H,1-2H3. The quantitative estimate of drug-likeness (QED) is 0.199. The maximum absolute atomic E-state index is 6.86. The number of hydrogen-bond acceptors (Lipinski definition) is 1. The van der Waals surface area contributed by atoms with Crippen LogP contribution >= 0.6 is 0 Å². The SMILES string of the molecule is CC1(C)c2ccccc2-c2cc(-n3c4ccccc4c4c5c6ccc7ccccc7c6oc5c5ccccc5c43)ccc21. The Bertz CT molecular complexity index is 2650. The second-order valence-corrected chi connectivity index (χ2v) is 12.5. The molecule has 0 saturated carbocycles. The fraction of sp³-hybridized carbons (Fsp3) is 0.0732. The first kappa shape index (κ1) is 23.2. The van der Waals surface area contributed by atoms with Crippen LogP contribution in [-0.2, 0) is 5.41 Å². The van der Waals surface area contributed by atoms with Crippen LogP contribution in [0.25, 0.3) is 82.1 Å². The molecule has 0 N–H and O–H groups in total. The summed E-state index contributed by atoms with van der Waals surface area (Å²) in [5.41, 5.74) is 11.0. The topological polar surface area (TPSA) is 18.1 Å². The molecule has 0 saturated heterocycles. The molecule has 43 heavy (non-hydrogen) atoms. The van der Waals surface area contributed by atoms with Crippen molar-refractivity contribution in [2.45, 2.75) is 19.3 Å². The average molecular weight is 550 g/mol. The van der Waals surface area contributed by atoms with Crippen LogP contribution in [0.1, 0.15) is 25.0 Å². The zero-order valence-corrected chi connectivity index (χ0v) is 24.0. The number of furan rings is 1. The molecule has 2 heterocycles. The molecule has 10 rings (SSSR count). The van der Waals surface area contributed by atoms with Gasteiger partial charge in [0.15, 0.2) is 0 Å². The van der Waals surface area contributed by atoms with E-state index in [2.05, 4.69) is 146 Å². The molecule has 0 aliphatic heterocycles. The Labute approximate surface area is 248 Å². The summed E-state index contributed by atoms with van der Waals surface area (Å²) >= 11 is 0. The number of fused-ring (bicyclic) bond motifs is 15. The molecule has 7 aromatic carbocycles. The number of nitrogens with zero attached hydrogens (tertiary/aromatic N) is 1. The Hall–Kier alpha value is -5.34. The largest absolute Gasteiger partial charge is 0.455 e. The van der Waals surface area contributed by atoms with E-state index < -0.39 is 0 Å². The summed E-state index contributed by atoms with van der Waals surface area (Å²) in [5, 5.41) is 9.53. The maximum atomic E-state index is 6.86. The number of para-hydroxylation sites is 1. The molecule has 0 radical (unpaired) electrons. The van der Waals surface area contributed by atoms with Gasteiger partial charge in [0.25, 0.3) is 0 Å². The second kappa shape index (κ2) is 7.93. The predicted molar refractivity (Wildman–Crippen MR) is 181 cm³/mol. The Morgan fingerprint density at radius 2 is 1.21 bits per heavy atom. The molecule has 0 bridgehead atoms. The summed E-state index contributed by atoms with van der Waals surface area (Å²) in [6.07, 6.45) is 0. The van der Waals surface area contributed by atoms with Gasteiger partial charge in [-0.1, -0.05) is 117 Å². The monoisotopic (exact) mass is 549 g/mol. The van der Waals surface area contributed by atoms with Gasteiger partial charge in [-0.05, 0) is 51.9 Å². The van der Waals surface area contributed by atoms with Crippen molar-refractivity contribution in [1.29, 1.82) is 0 Å². The fourth-order valence-electron chi connectivity index (χ4n) is 8.01. The number of aromatic nitrogens is 1. The highest BCUT2D eigenvalue weighted by atomic mass is 16.3. The highest BCUT2D eigenvalue weighted by Crippen LogP contribution is 2.51.